The lowest BCUT2D eigenvalue weighted by molar-refractivity contribution is 0.159. The van der Waals surface area contributed by atoms with Crippen LogP contribution in [0.15, 0.2) is 18.2 Å². The molecule has 1 atom stereocenters. The third kappa shape index (κ3) is 4.76. The quantitative estimate of drug-likeness (QED) is 0.787. The lowest BCUT2D eigenvalue weighted by Crippen LogP contribution is -2.38. The minimum Gasteiger partial charge on any atom is -0.508 e. The maximum Gasteiger partial charge on any atom is 0.127 e. The fourth-order valence-corrected chi connectivity index (χ4v) is 2.87. The van der Waals surface area contributed by atoms with Gasteiger partial charge in [0.1, 0.15) is 11.6 Å². The molecule has 0 saturated carbocycles. The zero-order chi connectivity index (χ0) is 14.4. The molecule has 0 bridgehead atoms. The first-order chi connectivity index (χ1) is 9.65. The lowest BCUT2D eigenvalue weighted by Gasteiger charge is -2.33. The van der Waals surface area contributed by atoms with Crippen LogP contribution in [0.4, 0.5) is 4.39 Å². The number of rotatable bonds is 6. The molecule has 1 heterocycles. The van der Waals surface area contributed by atoms with Crippen LogP contribution in [0, 0.1) is 5.82 Å². The number of hydrogen-bond acceptors (Lipinski definition) is 3. The highest BCUT2D eigenvalue weighted by atomic mass is 19.1. The second-order valence-corrected chi connectivity index (χ2v) is 5.73. The molecule has 1 unspecified atom stereocenters. The fraction of sp³-hybridized carbons (Fsp3) is 0.625. The van der Waals surface area contributed by atoms with Crippen LogP contribution in [0.25, 0.3) is 0 Å². The molecule has 1 aliphatic rings. The highest BCUT2D eigenvalue weighted by molar-refractivity contribution is 5.28. The first-order valence-electron chi connectivity index (χ1n) is 7.58. The van der Waals surface area contributed by atoms with Crippen molar-refractivity contribution in [2.24, 2.45) is 0 Å². The number of nitrogens with one attached hydrogen (secondary N) is 1. The highest BCUT2D eigenvalue weighted by Crippen LogP contribution is 2.16. The summed E-state index contributed by atoms with van der Waals surface area (Å²) in [6.07, 6.45) is 5.10. The Morgan fingerprint density at radius 2 is 2.20 bits per heavy atom. The summed E-state index contributed by atoms with van der Waals surface area (Å²) in [7, 11) is 0. The molecule has 1 saturated heterocycles. The lowest BCUT2D eigenvalue weighted by atomic mass is 10.0. The van der Waals surface area contributed by atoms with Gasteiger partial charge in [0.15, 0.2) is 0 Å². The standard InChI is InChI=1S/C16H25FN2O/c1-13-5-2-3-7-19(13)8-4-6-18-12-14-9-15(17)11-16(20)10-14/h9-11,13,18,20H,2-8,12H2,1H3. The molecule has 1 aliphatic heterocycles. The molecule has 1 aromatic rings. The number of piperidine rings is 1. The molecular formula is C16H25FN2O. The number of phenols is 1. The van der Waals surface area contributed by atoms with E-state index in [2.05, 4.69) is 17.1 Å². The van der Waals surface area contributed by atoms with Gasteiger partial charge in [-0.2, -0.15) is 0 Å². The van der Waals surface area contributed by atoms with Crippen molar-refractivity contribution in [1.82, 2.24) is 10.2 Å². The Hall–Kier alpha value is -1.13. The summed E-state index contributed by atoms with van der Waals surface area (Å²) in [5.41, 5.74) is 0.786. The predicted octanol–water partition coefficient (Wildman–Crippen LogP) is 2.89. The van der Waals surface area contributed by atoms with Crippen molar-refractivity contribution in [2.45, 2.75) is 45.2 Å². The average Bonchev–Trinajstić information content (AvgIpc) is 2.39. The van der Waals surface area contributed by atoms with E-state index in [1.807, 2.05) is 0 Å². The Labute approximate surface area is 120 Å². The summed E-state index contributed by atoms with van der Waals surface area (Å²) in [6, 6.07) is 4.90. The molecule has 0 radical (unpaired) electrons. The van der Waals surface area contributed by atoms with Crippen LogP contribution in [0.1, 0.15) is 38.2 Å². The van der Waals surface area contributed by atoms with E-state index < -0.39 is 0 Å². The first-order valence-corrected chi connectivity index (χ1v) is 7.58. The zero-order valence-corrected chi connectivity index (χ0v) is 12.2. The first kappa shape index (κ1) is 15.3. The molecule has 20 heavy (non-hydrogen) atoms. The monoisotopic (exact) mass is 280 g/mol. The van der Waals surface area contributed by atoms with Crippen molar-refractivity contribution in [3.8, 4) is 5.75 Å². The summed E-state index contributed by atoms with van der Waals surface area (Å²) in [6.45, 7) is 6.17. The van der Waals surface area contributed by atoms with E-state index in [1.165, 1.54) is 31.9 Å². The van der Waals surface area contributed by atoms with Crippen LogP contribution >= 0.6 is 0 Å². The van der Waals surface area contributed by atoms with Crippen LogP contribution < -0.4 is 5.32 Å². The van der Waals surface area contributed by atoms with E-state index >= 15 is 0 Å². The Kier molecular flexibility index (Phi) is 5.80. The fourth-order valence-electron chi connectivity index (χ4n) is 2.87. The largest absolute Gasteiger partial charge is 0.508 e. The number of likely N-dealkylation sites (tertiary alicyclic amines) is 1. The van der Waals surface area contributed by atoms with Crippen LogP contribution in [-0.2, 0) is 6.54 Å². The normalized spacial score (nSPS) is 20.2. The topological polar surface area (TPSA) is 35.5 Å². The Balaban J connectivity index is 1.63. The van der Waals surface area contributed by atoms with Crippen LogP contribution in [0.2, 0.25) is 0 Å². The van der Waals surface area contributed by atoms with E-state index in [0.29, 0.717) is 12.6 Å². The van der Waals surface area contributed by atoms with Gasteiger partial charge in [-0.25, -0.2) is 4.39 Å². The summed E-state index contributed by atoms with van der Waals surface area (Å²) in [5.74, 6) is -0.395. The van der Waals surface area contributed by atoms with E-state index in [1.54, 1.807) is 6.07 Å². The van der Waals surface area contributed by atoms with E-state index in [9.17, 15) is 9.50 Å². The summed E-state index contributed by atoms with van der Waals surface area (Å²) >= 11 is 0. The molecule has 0 aromatic heterocycles. The van der Waals surface area contributed by atoms with Crippen molar-refractivity contribution >= 4 is 0 Å². The molecule has 1 fully saturated rings. The van der Waals surface area contributed by atoms with Crippen molar-refractivity contribution in [3.05, 3.63) is 29.6 Å². The Morgan fingerprint density at radius 3 is 2.95 bits per heavy atom. The Bertz CT molecular complexity index is 405. The molecule has 0 amide bonds. The molecule has 2 N–H and O–H groups in total. The maximum absolute atomic E-state index is 13.1. The highest BCUT2D eigenvalue weighted by Gasteiger charge is 2.16. The van der Waals surface area contributed by atoms with Gasteiger partial charge in [-0.3, -0.25) is 0 Å². The number of phenolic OH excluding ortho intramolecular Hbond substituents is 1. The van der Waals surface area contributed by atoms with E-state index in [-0.39, 0.29) is 11.6 Å². The van der Waals surface area contributed by atoms with Gasteiger partial charge in [-0.05, 0) is 63.5 Å². The van der Waals surface area contributed by atoms with E-state index in [0.717, 1.165) is 31.1 Å². The van der Waals surface area contributed by atoms with Crippen molar-refractivity contribution in [3.63, 3.8) is 0 Å². The van der Waals surface area contributed by atoms with Gasteiger partial charge in [0, 0.05) is 18.7 Å². The SMILES string of the molecule is CC1CCCCN1CCCNCc1cc(O)cc(F)c1. The molecule has 1 aromatic carbocycles. The third-order valence-corrected chi connectivity index (χ3v) is 4.01. The maximum atomic E-state index is 13.1. The molecule has 112 valence electrons. The molecule has 3 nitrogen and oxygen atoms in total. The third-order valence-electron chi connectivity index (χ3n) is 4.01. The Morgan fingerprint density at radius 1 is 1.35 bits per heavy atom. The minimum atomic E-state index is -0.385. The number of benzene rings is 1. The molecular weight excluding hydrogens is 255 g/mol. The second-order valence-electron chi connectivity index (χ2n) is 5.73. The van der Waals surface area contributed by atoms with Gasteiger partial charge in [-0.1, -0.05) is 6.42 Å². The number of hydrogen-bond donors (Lipinski definition) is 2. The predicted molar refractivity (Wildman–Crippen MR) is 79.3 cm³/mol. The minimum absolute atomic E-state index is 0.0102. The van der Waals surface area contributed by atoms with Gasteiger partial charge in [0.2, 0.25) is 0 Å². The number of halogens is 1. The van der Waals surface area contributed by atoms with Gasteiger partial charge < -0.3 is 15.3 Å². The van der Waals surface area contributed by atoms with E-state index in [4.69, 9.17) is 0 Å². The second kappa shape index (κ2) is 7.60. The van der Waals surface area contributed by atoms with Crippen molar-refractivity contribution in [2.75, 3.05) is 19.6 Å². The van der Waals surface area contributed by atoms with Crippen LogP contribution in [-0.4, -0.2) is 35.7 Å². The van der Waals surface area contributed by atoms with Gasteiger partial charge in [0.25, 0.3) is 0 Å². The van der Waals surface area contributed by atoms with Crippen LogP contribution in [0.3, 0.4) is 0 Å². The molecule has 0 aliphatic carbocycles. The molecule has 2 rings (SSSR count). The average molecular weight is 280 g/mol. The van der Waals surface area contributed by atoms with Crippen molar-refractivity contribution in [1.29, 1.82) is 0 Å². The van der Waals surface area contributed by atoms with Crippen molar-refractivity contribution < 1.29 is 9.50 Å². The number of aromatic hydroxyl groups is 1. The molecule has 0 spiro atoms. The summed E-state index contributed by atoms with van der Waals surface area (Å²) < 4.78 is 13.1. The molecule has 4 heteroatoms. The van der Waals surface area contributed by atoms with Crippen LogP contribution in [0.5, 0.6) is 5.75 Å². The van der Waals surface area contributed by atoms with Gasteiger partial charge >= 0.3 is 0 Å². The summed E-state index contributed by atoms with van der Waals surface area (Å²) in [4.78, 5) is 2.55. The number of nitrogens with zero attached hydrogens (tertiary/aromatic N) is 1. The zero-order valence-electron chi connectivity index (χ0n) is 12.2. The van der Waals surface area contributed by atoms with Gasteiger partial charge in [-0.15, -0.1) is 0 Å². The summed E-state index contributed by atoms with van der Waals surface area (Å²) in [5, 5.41) is 12.6. The smallest absolute Gasteiger partial charge is 0.127 e. The van der Waals surface area contributed by atoms with Gasteiger partial charge in [0.05, 0.1) is 0 Å².